The molecular weight excluding hydrogens is 354 g/mol. The van der Waals surface area contributed by atoms with Crippen LogP contribution in [0.2, 0.25) is 0 Å². The molecule has 9 heteroatoms. The molecule has 0 spiro atoms. The zero-order valence-corrected chi connectivity index (χ0v) is 12.8. The molecule has 0 aliphatic rings. The summed E-state index contributed by atoms with van der Waals surface area (Å²) in [6.45, 7) is 2.73. The van der Waals surface area contributed by atoms with Crippen LogP contribution < -0.4 is 9.47 Å². The Morgan fingerprint density at radius 1 is 0.680 bits per heavy atom. The van der Waals surface area contributed by atoms with Crippen LogP contribution in [0.15, 0.2) is 28.7 Å². The van der Waals surface area contributed by atoms with E-state index in [1.807, 2.05) is 0 Å². The molecule has 1 aromatic heterocycles. The summed E-state index contributed by atoms with van der Waals surface area (Å²) >= 11 is 0. The molecule has 0 radical (unpaired) electrons. The molecule has 0 fully saturated rings. The number of alkyl halides is 6. The number of benzene rings is 2. The molecule has 0 N–H and O–H groups in total. The number of furan rings is 1. The molecule has 0 amide bonds. The highest BCUT2D eigenvalue weighted by atomic mass is 19.4. The normalized spacial score (nSPS) is 12.8. The lowest BCUT2D eigenvalue weighted by molar-refractivity contribution is -0.275. The Bertz CT molecular complexity index is 876. The van der Waals surface area contributed by atoms with Crippen LogP contribution in [-0.2, 0) is 0 Å². The van der Waals surface area contributed by atoms with Crippen LogP contribution in [0.1, 0.15) is 11.1 Å². The first-order chi connectivity index (χ1) is 11.5. The van der Waals surface area contributed by atoms with Crippen LogP contribution in [-0.4, -0.2) is 12.7 Å². The Labute approximate surface area is 136 Å². The standard InChI is InChI=1S/C16H10F6O3/c1-7-3-5-9-10-6-4-8(2)12(25-16(20,21)22)14(10)23-13(9)11(7)24-15(17,18)19/h3-6H,1-2H3. The second kappa shape index (κ2) is 5.47. The molecule has 0 saturated heterocycles. The van der Waals surface area contributed by atoms with Crippen LogP contribution in [0.4, 0.5) is 26.3 Å². The average molecular weight is 364 g/mol. The van der Waals surface area contributed by atoms with Crippen LogP contribution in [0, 0.1) is 13.8 Å². The number of rotatable bonds is 2. The summed E-state index contributed by atoms with van der Waals surface area (Å²) in [7, 11) is 0. The van der Waals surface area contributed by atoms with Crippen molar-refractivity contribution < 1.29 is 40.2 Å². The summed E-state index contributed by atoms with van der Waals surface area (Å²) < 4.78 is 89.1. The number of aryl methyl sites for hydroxylation is 2. The van der Waals surface area contributed by atoms with Gasteiger partial charge in [-0.2, -0.15) is 0 Å². The van der Waals surface area contributed by atoms with Gasteiger partial charge in [-0.25, -0.2) is 0 Å². The zero-order valence-electron chi connectivity index (χ0n) is 12.8. The third-order valence-corrected chi connectivity index (χ3v) is 3.55. The minimum atomic E-state index is -4.97. The van der Waals surface area contributed by atoms with E-state index < -0.39 is 24.2 Å². The summed E-state index contributed by atoms with van der Waals surface area (Å²) in [6, 6.07) is 5.63. The lowest BCUT2D eigenvalue weighted by atomic mass is 10.1. The minimum absolute atomic E-state index is 0.124. The maximum absolute atomic E-state index is 12.6. The van der Waals surface area contributed by atoms with Gasteiger partial charge in [0, 0.05) is 10.8 Å². The van der Waals surface area contributed by atoms with Crippen molar-refractivity contribution in [2.45, 2.75) is 26.6 Å². The Kier molecular flexibility index (Phi) is 3.77. The molecule has 2 aromatic carbocycles. The number of halogens is 6. The quantitative estimate of drug-likeness (QED) is 0.523. The largest absolute Gasteiger partial charge is 0.573 e. The molecule has 0 atom stereocenters. The fourth-order valence-electron chi connectivity index (χ4n) is 2.54. The molecule has 3 aromatic rings. The average Bonchev–Trinajstić information content (AvgIpc) is 2.82. The van der Waals surface area contributed by atoms with Crippen molar-refractivity contribution >= 4 is 21.9 Å². The fraction of sp³-hybridized carbons (Fsp3) is 0.250. The third kappa shape index (κ3) is 3.31. The lowest BCUT2D eigenvalue weighted by Crippen LogP contribution is -2.18. The number of ether oxygens (including phenoxy) is 2. The molecular formula is C16H10F6O3. The van der Waals surface area contributed by atoms with Gasteiger partial charge in [0.2, 0.25) is 0 Å². The van der Waals surface area contributed by atoms with Gasteiger partial charge >= 0.3 is 12.7 Å². The topological polar surface area (TPSA) is 31.6 Å². The Balaban J connectivity index is 2.32. The van der Waals surface area contributed by atoms with Crippen LogP contribution in [0.3, 0.4) is 0 Å². The van der Waals surface area contributed by atoms with Gasteiger partial charge in [-0.1, -0.05) is 12.1 Å². The molecule has 0 unspecified atom stereocenters. The van der Waals surface area contributed by atoms with Crippen LogP contribution in [0.5, 0.6) is 11.5 Å². The molecule has 0 saturated carbocycles. The summed E-state index contributed by atoms with van der Waals surface area (Å²) in [6.07, 6.45) is -9.95. The van der Waals surface area contributed by atoms with Gasteiger partial charge in [0.25, 0.3) is 0 Å². The van der Waals surface area contributed by atoms with Gasteiger partial charge in [-0.15, -0.1) is 26.3 Å². The van der Waals surface area contributed by atoms with Crippen molar-refractivity contribution in [1.82, 2.24) is 0 Å². The molecule has 3 nitrogen and oxygen atoms in total. The Hall–Kier alpha value is -2.58. The molecule has 0 aliphatic heterocycles. The van der Waals surface area contributed by atoms with E-state index in [1.165, 1.54) is 38.1 Å². The predicted octanol–water partition coefficient (Wildman–Crippen LogP) is 6.00. The second-order valence-corrected chi connectivity index (χ2v) is 5.37. The molecule has 3 rings (SSSR count). The van der Waals surface area contributed by atoms with Crippen molar-refractivity contribution in [3.05, 3.63) is 35.4 Å². The van der Waals surface area contributed by atoms with E-state index in [2.05, 4.69) is 9.47 Å². The van der Waals surface area contributed by atoms with Crippen molar-refractivity contribution in [2.75, 3.05) is 0 Å². The molecule has 0 bridgehead atoms. The summed E-state index contributed by atoms with van der Waals surface area (Å²) in [5.74, 6) is -1.20. The fourth-order valence-corrected chi connectivity index (χ4v) is 2.54. The van der Waals surface area contributed by atoms with Gasteiger partial charge in [0.05, 0.1) is 0 Å². The van der Waals surface area contributed by atoms with Gasteiger partial charge < -0.3 is 13.9 Å². The van der Waals surface area contributed by atoms with Crippen LogP contribution >= 0.6 is 0 Å². The Morgan fingerprint density at radius 2 is 1.04 bits per heavy atom. The second-order valence-electron chi connectivity index (χ2n) is 5.37. The summed E-state index contributed by atoms with van der Waals surface area (Å²) in [5, 5.41) is 0.374. The Morgan fingerprint density at radius 3 is 1.36 bits per heavy atom. The highest BCUT2D eigenvalue weighted by Gasteiger charge is 2.35. The lowest BCUT2D eigenvalue weighted by Gasteiger charge is -2.11. The SMILES string of the molecule is Cc1ccc2c(oc3c(OC(F)(F)F)c(C)ccc32)c1OC(F)(F)F. The zero-order chi connectivity index (χ0) is 18.6. The maximum atomic E-state index is 12.6. The number of hydrogen-bond acceptors (Lipinski definition) is 3. The van der Waals surface area contributed by atoms with Gasteiger partial charge in [0.1, 0.15) is 0 Å². The van der Waals surface area contributed by atoms with Crippen LogP contribution in [0.25, 0.3) is 21.9 Å². The first kappa shape index (κ1) is 17.2. The summed E-state index contributed by atoms with van der Waals surface area (Å²) in [5.41, 5.74) is -0.354. The highest BCUT2D eigenvalue weighted by Crippen LogP contribution is 2.43. The van der Waals surface area contributed by atoms with Gasteiger partial charge in [-0.05, 0) is 37.1 Å². The smallest absolute Gasteiger partial charge is 0.448 e. The monoisotopic (exact) mass is 364 g/mol. The highest BCUT2D eigenvalue weighted by molar-refractivity contribution is 6.09. The molecule has 25 heavy (non-hydrogen) atoms. The third-order valence-electron chi connectivity index (χ3n) is 3.55. The summed E-state index contributed by atoms with van der Waals surface area (Å²) in [4.78, 5) is 0. The predicted molar refractivity (Wildman–Crippen MR) is 76.6 cm³/mol. The van der Waals surface area contributed by atoms with Crippen molar-refractivity contribution in [3.63, 3.8) is 0 Å². The van der Waals surface area contributed by atoms with E-state index in [0.717, 1.165) is 0 Å². The van der Waals surface area contributed by atoms with E-state index in [1.54, 1.807) is 0 Å². The number of fused-ring (bicyclic) bond motifs is 3. The first-order valence-electron chi connectivity index (χ1n) is 6.93. The van der Waals surface area contributed by atoms with E-state index >= 15 is 0 Å². The van der Waals surface area contributed by atoms with E-state index in [4.69, 9.17) is 4.42 Å². The van der Waals surface area contributed by atoms with E-state index in [0.29, 0.717) is 0 Å². The first-order valence-corrected chi connectivity index (χ1v) is 6.93. The van der Waals surface area contributed by atoms with Gasteiger partial charge in [0.15, 0.2) is 22.7 Å². The van der Waals surface area contributed by atoms with E-state index in [-0.39, 0.29) is 33.1 Å². The van der Waals surface area contributed by atoms with Crippen molar-refractivity contribution in [2.24, 2.45) is 0 Å². The number of hydrogen-bond donors (Lipinski definition) is 0. The minimum Gasteiger partial charge on any atom is -0.448 e. The van der Waals surface area contributed by atoms with Gasteiger partial charge in [-0.3, -0.25) is 0 Å². The van der Waals surface area contributed by atoms with E-state index in [9.17, 15) is 26.3 Å². The molecule has 134 valence electrons. The van der Waals surface area contributed by atoms with Crippen molar-refractivity contribution in [1.29, 1.82) is 0 Å². The van der Waals surface area contributed by atoms with Crippen molar-refractivity contribution in [3.8, 4) is 11.5 Å². The molecule has 0 aliphatic carbocycles. The molecule has 1 heterocycles. The maximum Gasteiger partial charge on any atom is 0.573 e.